The van der Waals surface area contributed by atoms with E-state index in [1.54, 1.807) is 25.3 Å². The molecule has 3 aromatic rings. The maximum atomic E-state index is 13.4. The lowest BCUT2D eigenvalue weighted by Crippen LogP contribution is -2.14. The Kier molecular flexibility index (Phi) is 5.17. The molecule has 3 rings (SSSR count). The summed E-state index contributed by atoms with van der Waals surface area (Å²) in [6.07, 6.45) is 0. The van der Waals surface area contributed by atoms with Gasteiger partial charge >= 0.3 is 0 Å². The highest BCUT2D eigenvalue weighted by molar-refractivity contribution is 9.10. The van der Waals surface area contributed by atoms with E-state index < -0.39 is 11.7 Å². The number of aromatic amines is 1. The Morgan fingerprint density at radius 2 is 2.00 bits per heavy atom. The number of rotatable bonds is 5. The van der Waals surface area contributed by atoms with Crippen molar-refractivity contribution in [3.63, 3.8) is 0 Å². The van der Waals surface area contributed by atoms with E-state index in [0.29, 0.717) is 27.4 Å². The number of hydrogen-bond donors (Lipinski definition) is 2. The number of halogens is 2. The number of nitrogens with zero attached hydrogens (tertiary/aromatic N) is 2. The molecule has 7 nitrogen and oxygen atoms in total. The molecule has 0 radical (unpaired) electrons. The molecule has 2 N–H and O–H groups in total. The van der Waals surface area contributed by atoms with Crippen LogP contribution in [-0.4, -0.2) is 35.3 Å². The third-order valence-electron chi connectivity index (χ3n) is 3.55. The summed E-state index contributed by atoms with van der Waals surface area (Å²) >= 11 is 3.21. The molecule has 1 heterocycles. The van der Waals surface area contributed by atoms with Gasteiger partial charge in [-0.25, -0.2) is 4.39 Å². The molecule has 1 amide bonds. The fourth-order valence-electron chi connectivity index (χ4n) is 2.27. The number of H-pyrrole nitrogens is 1. The summed E-state index contributed by atoms with van der Waals surface area (Å²) in [5, 5.41) is 9.22. The molecular formula is C17H14BrFN4O3. The quantitative estimate of drug-likeness (QED) is 0.657. The van der Waals surface area contributed by atoms with Crippen LogP contribution in [0.15, 0.2) is 40.9 Å². The zero-order valence-electron chi connectivity index (χ0n) is 13.8. The zero-order chi connectivity index (χ0) is 18.7. The minimum Gasteiger partial charge on any atom is -0.497 e. The van der Waals surface area contributed by atoms with Gasteiger partial charge < -0.3 is 9.47 Å². The lowest BCUT2D eigenvalue weighted by molar-refractivity contribution is 0.102. The van der Waals surface area contributed by atoms with Crippen LogP contribution in [-0.2, 0) is 0 Å². The second-order valence-electron chi connectivity index (χ2n) is 5.15. The molecule has 0 fully saturated rings. The number of carbonyl (C=O) groups excluding carboxylic acids is 1. The third-order valence-corrected chi connectivity index (χ3v) is 4.24. The molecule has 0 saturated carbocycles. The first-order valence-corrected chi connectivity index (χ1v) is 8.22. The summed E-state index contributed by atoms with van der Waals surface area (Å²) in [7, 11) is 3.08. The van der Waals surface area contributed by atoms with Crippen molar-refractivity contribution in [1.29, 1.82) is 0 Å². The Hall–Kier alpha value is -2.94. The molecule has 0 aliphatic carbocycles. The van der Waals surface area contributed by atoms with Crippen molar-refractivity contribution in [3.8, 4) is 22.9 Å². The van der Waals surface area contributed by atoms with E-state index in [2.05, 4.69) is 36.4 Å². The van der Waals surface area contributed by atoms with Crippen molar-refractivity contribution in [2.45, 2.75) is 0 Å². The van der Waals surface area contributed by atoms with Crippen LogP contribution in [0.5, 0.6) is 11.5 Å². The highest BCUT2D eigenvalue weighted by Gasteiger charge is 2.16. The van der Waals surface area contributed by atoms with Gasteiger partial charge in [0.2, 0.25) is 5.95 Å². The van der Waals surface area contributed by atoms with E-state index in [1.165, 1.54) is 19.2 Å². The molecule has 1 aromatic heterocycles. The fraction of sp³-hybridized carbons (Fsp3) is 0.118. The van der Waals surface area contributed by atoms with E-state index in [9.17, 15) is 9.18 Å². The topological polar surface area (TPSA) is 89.1 Å². The van der Waals surface area contributed by atoms with E-state index in [4.69, 9.17) is 9.47 Å². The summed E-state index contributed by atoms with van der Waals surface area (Å²) in [6.45, 7) is 0. The molecular weight excluding hydrogens is 407 g/mol. The standard InChI is InChI=1S/C17H14BrFN4O3/c1-25-10-4-5-11(14(8-10)26-2)15-20-17(23-22-15)21-16(24)12-7-9(19)3-6-13(12)18/h3-8H,1-2H3,(H2,20,21,22,23,24). The lowest BCUT2D eigenvalue weighted by atomic mass is 10.2. The van der Waals surface area contributed by atoms with Crippen molar-refractivity contribution in [1.82, 2.24) is 15.2 Å². The number of benzene rings is 2. The predicted octanol–water partition coefficient (Wildman–Crippen LogP) is 3.64. The average molecular weight is 421 g/mol. The van der Waals surface area contributed by atoms with Gasteiger partial charge in [0.15, 0.2) is 5.82 Å². The van der Waals surface area contributed by atoms with Crippen molar-refractivity contribution in [2.24, 2.45) is 0 Å². The highest BCUT2D eigenvalue weighted by atomic mass is 79.9. The van der Waals surface area contributed by atoms with Crippen molar-refractivity contribution < 1.29 is 18.7 Å². The number of anilines is 1. The zero-order valence-corrected chi connectivity index (χ0v) is 15.4. The van der Waals surface area contributed by atoms with E-state index in [-0.39, 0.29) is 11.5 Å². The van der Waals surface area contributed by atoms with Crippen LogP contribution in [0.2, 0.25) is 0 Å². The Morgan fingerprint density at radius 1 is 1.19 bits per heavy atom. The SMILES string of the molecule is COc1ccc(-c2nc(NC(=O)c3cc(F)ccc3Br)n[nH]2)c(OC)c1. The maximum Gasteiger partial charge on any atom is 0.259 e. The molecule has 134 valence electrons. The van der Waals surface area contributed by atoms with Gasteiger partial charge in [-0.2, -0.15) is 4.98 Å². The molecule has 0 aliphatic rings. The molecule has 2 aromatic carbocycles. The minimum atomic E-state index is -0.538. The van der Waals surface area contributed by atoms with E-state index >= 15 is 0 Å². The predicted molar refractivity (Wildman–Crippen MR) is 97.0 cm³/mol. The van der Waals surface area contributed by atoms with Crippen molar-refractivity contribution in [3.05, 3.63) is 52.3 Å². The van der Waals surface area contributed by atoms with E-state index in [0.717, 1.165) is 6.07 Å². The van der Waals surface area contributed by atoms with Crippen LogP contribution in [0.3, 0.4) is 0 Å². The summed E-state index contributed by atoms with van der Waals surface area (Å²) < 4.78 is 24.3. The summed E-state index contributed by atoms with van der Waals surface area (Å²) in [5.41, 5.74) is 0.784. The Morgan fingerprint density at radius 3 is 2.73 bits per heavy atom. The smallest absolute Gasteiger partial charge is 0.259 e. The summed E-state index contributed by atoms with van der Waals surface area (Å²) in [4.78, 5) is 16.5. The monoisotopic (exact) mass is 420 g/mol. The largest absolute Gasteiger partial charge is 0.497 e. The Labute approximate surface area is 156 Å². The Balaban J connectivity index is 1.84. The van der Waals surface area contributed by atoms with Gasteiger partial charge in [-0.05, 0) is 46.3 Å². The summed E-state index contributed by atoms with van der Waals surface area (Å²) in [6, 6.07) is 9.05. The van der Waals surface area contributed by atoms with Gasteiger partial charge in [-0.15, -0.1) is 5.10 Å². The van der Waals surface area contributed by atoms with Gasteiger partial charge in [-0.3, -0.25) is 15.2 Å². The second-order valence-corrected chi connectivity index (χ2v) is 6.01. The van der Waals surface area contributed by atoms with Crippen LogP contribution < -0.4 is 14.8 Å². The first-order chi connectivity index (χ1) is 12.5. The van der Waals surface area contributed by atoms with E-state index in [1.807, 2.05) is 0 Å². The van der Waals surface area contributed by atoms with Gasteiger partial charge in [0, 0.05) is 10.5 Å². The number of carbonyl (C=O) groups is 1. The number of ether oxygens (including phenoxy) is 2. The maximum absolute atomic E-state index is 13.4. The lowest BCUT2D eigenvalue weighted by Gasteiger charge is -2.07. The number of amides is 1. The van der Waals surface area contributed by atoms with Crippen molar-refractivity contribution >= 4 is 27.8 Å². The van der Waals surface area contributed by atoms with Crippen LogP contribution in [0.1, 0.15) is 10.4 Å². The fourth-order valence-corrected chi connectivity index (χ4v) is 2.70. The minimum absolute atomic E-state index is 0.0547. The van der Waals surface area contributed by atoms with Crippen LogP contribution in [0.25, 0.3) is 11.4 Å². The first-order valence-electron chi connectivity index (χ1n) is 7.43. The number of hydrogen-bond acceptors (Lipinski definition) is 5. The normalized spacial score (nSPS) is 10.5. The molecule has 0 spiro atoms. The van der Waals surface area contributed by atoms with Crippen LogP contribution in [0, 0.1) is 5.82 Å². The average Bonchev–Trinajstić information content (AvgIpc) is 3.11. The van der Waals surface area contributed by atoms with Gasteiger partial charge in [-0.1, -0.05) is 0 Å². The van der Waals surface area contributed by atoms with Crippen molar-refractivity contribution in [2.75, 3.05) is 19.5 Å². The number of nitrogens with one attached hydrogen (secondary N) is 2. The van der Waals surface area contributed by atoms with Gasteiger partial charge in [0.05, 0.1) is 25.3 Å². The second kappa shape index (κ2) is 7.52. The highest BCUT2D eigenvalue weighted by Crippen LogP contribution is 2.31. The third kappa shape index (κ3) is 3.67. The molecule has 0 saturated heterocycles. The molecule has 0 atom stereocenters. The first kappa shape index (κ1) is 17.9. The Bertz CT molecular complexity index is 961. The molecule has 26 heavy (non-hydrogen) atoms. The number of methoxy groups -OCH3 is 2. The van der Waals surface area contributed by atoms with Gasteiger partial charge in [0.1, 0.15) is 17.3 Å². The van der Waals surface area contributed by atoms with Crippen LogP contribution in [0.4, 0.5) is 10.3 Å². The van der Waals surface area contributed by atoms with Crippen LogP contribution >= 0.6 is 15.9 Å². The van der Waals surface area contributed by atoms with Gasteiger partial charge in [0.25, 0.3) is 5.91 Å². The molecule has 9 heteroatoms. The molecule has 0 unspecified atom stereocenters. The molecule has 0 aliphatic heterocycles. The molecule has 0 bridgehead atoms. The number of aromatic nitrogens is 3. The summed E-state index contributed by atoms with van der Waals surface area (Å²) in [5.74, 6) is 0.568.